The summed E-state index contributed by atoms with van der Waals surface area (Å²) in [4.78, 5) is 12.5. The van der Waals surface area contributed by atoms with Gasteiger partial charge in [0, 0.05) is 15.6 Å². The normalized spacial score (nSPS) is 10.4. The first kappa shape index (κ1) is 13.3. The van der Waals surface area contributed by atoms with Gasteiger partial charge >= 0.3 is 0 Å². The Kier molecular flexibility index (Phi) is 3.88. The van der Waals surface area contributed by atoms with Gasteiger partial charge in [0.05, 0.1) is 5.02 Å². The van der Waals surface area contributed by atoms with Gasteiger partial charge in [0.25, 0.3) is 0 Å². The summed E-state index contributed by atoms with van der Waals surface area (Å²) < 4.78 is 0.866. The molecule has 0 heterocycles. The number of carbonyl (C=O) groups excluding carboxylic acids is 1. The predicted molar refractivity (Wildman–Crippen MR) is 78.5 cm³/mol. The summed E-state index contributed by atoms with van der Waals surface area (Å²) in [7, 11) is 0. The zero-order valence-electron chi connectivity index (χ0n) is 10.1. The van der Waals surface area contributed by atoms with Gasteiger partial charge in [-0.2, -0.15) is 0 Å². The summed E-state index contributed by atoms with van der Waals surface area (Å²) >= 11 is 9.45. The second-order valence-electron chi connectivity index (χ2n) is 4.27. The molecule has 3 heteroatoms. The molecule has 0 amide bonds. The lowest BCUT2D eigenvalue weighted by molar-refractivity contribution is 0.103. The molecule has 0 spiro atoms. The Balaban J connectivity index is 2.51. The Morgan fingerprint density at radius 2 is 1.78 bits per heavy atom. The van der Waals surface area contributed by atoms with Crippen molar-refractivity contribution in [1.29, 1.82) is 0 Å². The second kappa shape index (κ2) is 5.25. The number of aryl methyl sites for hydroxylation is 2. The lowest BCUT2D eigenvalue weighted by atomic mass is 9.97. The van der Waals surface area contributed by atoms with Crippen LogP contribution >= 0.6 is 27.5 Å². The molecular weight excluding hydrogens is 312 g/mol. The Hall–Kier alpha value is -1.12. The quantitative estimate of drug-likeness (QED) is 0.715. The van der Waals surface area contributed by atoms with Crippen molar-refractivity contribution in [3.05, 3.63) is 68.1 Å². The average molecular weight is 324 g/mol. The number of halogens is 2. The van der Waals surface area contributed by atoms with E-state index in [0.717, 1.165) is 15.6 Å². The van der Waals surface area contributed by atoms with Crippen LogP contribution in [-0.4, -0.2) is 5.78 Å². The average Bonchev–Trinajstić information content (AvgIpc) is 2.31. The molecule has 0 aliphatic heterocycles. The molecule has 0 fully saturated rings. The molecule has 0 radical (unpaired) electrons. The summed E-state index contributed by atoms with van der Waals surface area (Å²) in [5, 5.41) is 0.468. The maximum Gasteiger partial charge on any atom is 0.194 e. The monoisotopic (exact) mass is 322 g/mol. The van der Waals surface area contributed by atoms with Crippen molar-refractivity contribution in [2.75, 3.05) is 0 Å². The van der Waals surface area contributed by atoms with Gasteiger partial charge in [-0.05, 0) is 43.7 Å². The maximum absolute atomic E-state index is 12.5. The van der Waals surface area contributed by atoms with Crippen molar-refractivity contribution in [3.63, 3.8) is 0 Å². The topological polar surface area (TPSA) is 17.1 Å². The highest BCUT2D eigenvalue weighted by molar-refractivity contribution is 9.10. The molecule has 0 aliphatic carbocycles. The van der Waals surface area contributed by atoms with E-state index in [2.05, 4.69) is 15.9 Å². The van der Waals surface area contributed by atoms with E-state index in [9.17, 15) is 4.79 Å². The highest BCUT2D eigenvalue weighted by atomic mass is 79.9. The van der Waals surface area contributed by atoms with Crippen molar-refractivity contribution in [2.45, 2.75) is 13.8 Å². The molecule has 2 aromatic rings. The summed E-state index contributed by atoms with van der Waals surface area (Å²) in [5.74, 6) is -0.0336. The van der Waals surface area contributed by atoms with Gasteiger partial charge < -0.3 is 0 Å². The molecule has 0 saturated heterocycles. The van der Waals surface area contributed by atoms with Crippen LogP contribution in [-0.2, 0) is 0 Å². The van der Waals surface area contributed by atoms with E-state index in [-0.39, 0.29) is 5.78 Å². The zero-order valence-corrected chi connectivity index (χ0v) is 12.5. The third kappa shape index (κ3) is 2.65. The van der Waals surface area contributed by atoms with Crippen LogP contribution in [0.25, 0.3) is 0 Å². The molecular formula is C15H12BrClO. The van der Waals surface area contributed by atoms with Crippen LogP contribution in [0, 0.1) is 13.8 Å². The predicted octanol–water partition coefficient (Wildman–Crippen LogP) is 4.95. The van der Waals surface area contributed by atoms with Gasteiger partial charge in [0.2, 0.25) is 0 Å². The highest BCUT2D eigenvalue weighted by Gasteiger charge is 2.15. The van der Waals surface area contributed by atoms with Crippen molar-refractivity contribution < 1.29 is 4.79 Å². The van der Waals surface area contributed by atoms with Crippen LogP contribution in [0.5, 0.6) is 0 Å². The molecule has 18 heavy (non-hydrogen) atoms. The molecule has 0 aromatic heterocycles. The summed E-state index contributed by atoms with van der Waals surface area (Å²) in [6, 6.07) is 11.2. The molecule has 0 bridgehead atoms. The van der Waals surface area contributed by atoms with Gasteiger partial charge in [0.1, 0.15) is 0 Å². The Morgan fingerprint density at radius 1 is 1.06 bits per heavy atom. The summed E-state index contributed by atoms with van der Waals surface area (Å²) in [6.07, 6.45) is 0. The van der Waals surface area contributed by atoms with E-state index in [0.29, 0.717) is 16.1 Å². The zero-order chi connectivity index (χ0) is 13.3. The Morgan fingerprint density at radius 3 is 2.44 bits per heavy atom. The third-order valence-electron chi connectivity index (χ3n) is 2.81. The third-order valence-corrected chi connectivity index (χ3v) is 3.62. The molecule has 0 aliphatic rings. The SMILES string of the molecule is Cc1ccc(C)c(C(=O)c2ccc(Br)cc2Cl)c1. The first-order chi connectivity index (χ1) is 8.49. The number of carbonyl (C=O) groups is 1. The standard InChI is InChI=1S/C15H12BrClO/c1-9-3-4-10(2)13(7-9)15(18)12-6-5-11(16)8-14(12)17/h3-8H,1-2H3. The minimum Gasteiger partial charge on any atom is -0.289 e. The largest absolute Gasteiger partial charge is 0.289 e. The fraction of sp³-hybridized carbons (Fsp3) is 0.133. The van der Waals surface area contributed by atoms with Crippen LogP contribution in [0.1, 0.15) is 27.0 Å². The van der Waals surface area contributed by atoms with Crippen LogP contribution in [0.15, 0.2) is 40.9 Å². The lowest BCUT2D eigenvalue weighted by Gasteiger charge is -2.08. The number of hydrogen-bond donors (Lipinski definition) is 0. The van der Waals surface area contributed by atoms with E-state index < -0.39 is 0 Å². The smallest absolute Gasteiger partial charge is 0.194 e. The van der Waals surface area contributed by atoms with Crippen molar-refractivity contribution in [1.82, 2.24) is 0 Å². The van der Waals surface area contributed by atoms with Gasteiger partial charge in [-0.3, -0.25) is 4.79 Å². The van der Waals surface area contributed by atoms with Crippen LogP contribution in [0.3, 0.4) is 0 Å². The van der Waals surface area contributed by atoms with Crippen LogP contribution in [0.4, 0.5) is 0 Å². The van der Waals surface area contributed by atoms with E-state index >= 15 is 0 Å². The van der Waals surface area contributed by atoms with Crippen molar-refractivity contribution in [2.24, 2.45) is 0 Å². The number of hydrogen-bond acceptors (Lipinski definition) is 1. The second-order valence-corrected chi connectivity index (χ2v) is 5.59. The molecule has 0 atom stereocenters. The molecule has 0 unspecified atom stereocenters. The molecule has 92 valence electrons. The summed E-state index contributed by atoms with van der Waals surface area (Å²) in [5.41, 5.74) is 3.27. The molecule has 2 aromatic carbocycles. The molecule has 1 nitrogen and oxygen atoms in total. The van der Waals surface area contributed by atoms with E-state index in [4.69, 9.17) is 11.6 Å². The number of benzene rings is 2. The van der Waals surface area contributed by atoms with E-state index in [1.54, 1.807) is 12.1 Å². The lowest BCUT2D eigenvalue weighted by Crippen LogP contribution is -2.05. The van der Waals surface area contributed by atoms with E-state index in [1.807, 2.05) is 38.1 Å². The highest BCUT2D eigenvalue weighted by Crippen LogP contribution is 2.25. The Bertz CT molecular complexity index is 620. The van der Waals surface area contributed by atoms with Crippen LogP contribution < -0.4 is 0 Å². The molecule has 2 rings (SSSR count). The van der Waals surface area contributed by atoms with Gasteiger partial charge in [-0.25, -0.2) is 0 Å². The van der Waals surface area contributed by atoms with Crippen molar-refractivity contribution in [3.8, 4) is 0 Å². The fourth-order valence-electron chi connectivity index (χ4n) is 1.80. The first-order valence-corrected chi connectivity index (χ1v) is 6.73. The van der Waals surface area contributed by atoms with Crippen LogP contribution in [0.2, 0.25) is 5.02 Å². The molecule has 0 N–H and O–H groups in total. The van der Waals surface area contributed by atoms with Gasteiger partial charge in [-0.15, -0.1) is 0 Å². The number of ketones is 1. The van der Waals surface area contributed by atoms with Gasteiger partial charge in [-0.1, -0.05) is 45.2 Å². The maximum atomic E-state index is 12.5. The fourth-order valence-corrected chi connectivity index (χ4v) is 2.56. The minimum absolute atomic E-state index is 0.0336. The Labute approximate surface area is 120 Å². The summed E-state index contributed by atoms with van der Waals surface area (Å²) in [6.45, 7) is 3.90. The van der Waals surface area contributed by atoms with Gasteiger partial charge in [0.15, 0.2) is 5.78 Å². The van der Waals surface area contributed by atoms with E-state index in [1.165, 1.54) is 0 Å². The van der Waals surface area contributed by atoms with Crippen molar-refractivity contribution >= 4 is 33.3 Å². The first-order valence-electron chi connectivity index (χ1n) is 5.56. The number of rotatable bonds is 2. The molecule has 0 saturated carbocycles. The minimum atomic E-state index is -0.0336.